The van der Waals surface area contributed by atoms with Gasteiger partial charge in [0, 0.05) is 30.9 Å². The normalized spacial score (nSPS) is 10.8. The van der Waals surface area contributed by atoms with E-state index in [1.165, 1.54) is 36.4 Å². The smallest absolute Gasteiger partial charge is 0.395 e. The van der Waals surface area contributed by atoms with Crippen LogP contribution in [-0.2, 0) is 10.0 Å². The zero-order valence-electron chi connectivity index (χ0n) is 17.3. The van der Waals surface area contributed by atoms with Gasteiger partial charge in [-0.25, -0.2) is 22.9 Å². The van der Waals surface area contributed by atoms with Gasteiger partial charge in [-0.1, -0.05) is 19.4 Å². The fourth-order valence-electron chi connectivity index (χ4n) is 2.39. The highest BCUT2D eigenvalue weighted by Gasteiger charge is 2.20. The Morgan fingerprint density at radius 3 is 2.47 bits per heavy atom. The Morgan fingerprint density at radius 1 is 1.03 bits per heavy atom. The third-order valence-electron chi connectivity index (χ3n) is 4.03. The number of hydrogen-bond acceptors (Lipinski definition) is 8. The van der Waals surface area contributed by atoms with Gasteiger partial charge >= 0.3 is 6.09 Å². The van der Waals surface area contributed by atoms with Gasteiger partial charge in [0.05, 0.1) is 17.1 Å². The summed E-state index contributed by atoms with van der Waals surface area (Å²) in [5.74, 6) is -1.49. The Labute approximate surface area is 185 Å². The van der Waals surface area contributed by atoms with E-state index in [9.17, 15) is 22.8 Å². The number of pyridine rings is 1. The highest BCUT2D eigenvalue weighted by Crippen LogP contribution is 2.13. The Kier molecular flexibility index (Phi) is 9.10. The summed E-state index contributed by atoms with van der Waals surface area (Å²) >= 11 is 0. The van der Waals surface area contributed by atoms with Crippen molar-refractivity contribution in [3.63, 3.8) is 0 Å². The minimum atomic E-state index is -4.25. The molecule has 0 saturated carbocycles. The lowest BCUT2D eigenvalue weighted by Gasteiger charge is -2.09. The predicted molar refractivity (Wildman–Crippen MR) is 114 cm³/mol. The fraction of sp³-hybridized carbons (Fsp3) is 0.300. The molecule has 1 aromatic heterocycles. The Bertz CT molecular complexity index is 1060. The minimum absolute atomic E-state index is 0.00121. The standard InChI is InChI=1S/C20H24N4O7S/c1-2-3-9-21-18(26)14-5-4-6-16(12-14)32(29,30)24-19(27)15-7-8-17(23-13-15)31-20(28)22-10-11-25/h4-8,12-13,25H,2-3,9-11H2,1H3,(H,21,26)(H,22,28)(H,24,27). The summed E-state index contributed by atoms with van der Waals surface area (Å²) in [7, 11) is -4.25. The van der Waals surface area contributed by atoms with Crippen molar-refractivity contribution in [2.45, 2.75) is 24.7 Å². The zero-order chi connectivity index (χ0) is 23.6. The molecule has 11 nitrogen and oxygen atoms in total. The van der Waals surface area contributed by atoms with Gasteiger partial charge in [-0.3, -0.25) is 9.59 Å². The molecule has 0 saturated heterocycles. The van der Waals surface area contributed by atoms with Gasteiger partial charge in [0.2, 0.25) is 5.88 Å². The summed E-state index contributed by atoms with van der Waals surface area (Å²) in [6.07, 6.45) is 1.90. The molecule has 2 aromatic rings. The Balaban J connectivity index is 2.05. The van der Waals surface area contributed by atoms with Crippen LogP contribution < -0.4 is 20.1 Å². The second kappa shape index (κ2) is 11.8. The second-order valence-electron chi connectivity index (χ2n) is 6.50. The number of carbonyl (C=O) groups is 3. The molecule has 4 N–H and O–H groups in total. The summed E-state index contributed by atoms with van der Waals surface area (Å²) in [5, 5.41) is 13.6. The molecule has 1 heterocycles. The van der Waals surface area contributed by atoms with E-state index in [0.29, 0.717) is 6.54 Å². The highest BCUT2D eigenvalue weighted by atomic mass is 32.2. The lowest BCUT2D eigenvalue weighted by Crippen LogP contribution is -2.31. The second-order valence-corrected chi connectivity index (χ2v) is 8.18. The van der Waals surface area contributed by atoms with Crippen LogP contribution in [0.2, 0.25) is 0 Å². The Hall–Kier alpha value is -3.51. The van der Waals surface area contributed by atoms with Gasteiger partial charge in [0.15, 0.2) is 0 Å². The van der Waals surface area contributed by atoms with Crippen LogP contribution in [0.25, 0.3) is 0 Å². The number of amides is 3. The third kappa shape index (κ3) is 7.32. The van der Waals surface area contributed by atoms with Gasteiger partial charge in [0.25, 0.3) is 21.8 Å². The van der Waals surface area contributed by atoms with Crippen LogP contribution in [0.15, 0.2) is 47.5 Å². The molecule has 12 heteroatoms. The number of sulfonamides is 1. The molecule has 32 heavy (non-hydrogen) atoms. The third-order valence-corrected chi connectivity index (χ3v) is 5.36. The number of hydrogen-bond donors (Lipinski definition) is 4. The SMILES string of the molecule is CCCCNC(=O)c1cccc(S(=O)(=O)NC(=O)c2ccc(OC(=O)NCCO)nc2)c1. The Morgan fingerprint density at radius 2 is 1.81 bits per heavy atom. The molecule has 0 aliphatic heterocycles. The average Bonchev–Trinajstić information content (AvgIpc) is 2.78. The first-order valence-corrected chi connectivity index (χ1v) is 11.2. The molecule has 3 amide bonds. The number of rotatable bonds is 10. The van der Waals surface area contributed by atoms with E-state index in [2.05, 4.69) is 15.6 Å². The van der Waals surface area contributed by atoms with Crippen LogP contribution in [-0.4, -0.2) is 56.1 Å². The fourth-order valence-corrected chi connectivity index (χ4v) is 3.41. The molecular formula is C20H24N4O7S. The molecule has 0 radical (unpaired) electrons. The van der Waals surface area contributed by atoms with Gasteiger partial charge in [0.1, 0.15) is 0 Å². The summed E-state index contributed by atoms with van der Waals surface area (Å²) in [5.41, 5.74) is 0.0595. The average molecular weight is 465 g/mol. The van der Waals surface area contributed by atoms with Crippen molar-refractivity contribution in [3.8, 4) is 5.88 Å². The van der Waals surface area contributed by atoms with Crippen molar-refractivity contribution in [2.75, 3.05) is 19.7 Å². The number of ether oxygens (including phenoxy) is 1. The number of aromatic nitrogens is 1. The summed E-state index contributed by atoms with van der Waals surface area (Å²) in [6, 6.07) is 7.76. The maximum absolute atomic E-state index is 12.6. The van der Waals surface area contributed by atoms with Crippen LogP contribution in [0.4, 0.5) is 4.79 Å². The maximum Gasteiger partial charge on any atom is 0.414 e. The van der Waals surface area contributed by atoms with Crippen molar-refractivity contribution in [1.29, 1.82) is 0 Å². The first-order chi connectivity index (χ1) is 15.3. The molecule has 0 unspecified atom stereocenters. The van der Waals surface area contributed by atoms with Crippen molar-refractivity contribution in [2.24, 2.45) is 0 Å². The first-order valence-electron chi connectivity index (χ1n) is 9.75. The van der Waals surface area contributed by atoms with E-state index in [0.717, 1.165) is 19.0 Å². The number of aliphatic hydroxyl groups excluding tert-OH is 1. The van der Waals surface area contributed by atoms with E-state index in [-0.39, 0.29) is 35.1 Å². The maximum atomic E-state index is 12.6. The summed E-state index contributed by atoms with van der Waals surface area (Å²) < 4.78 is 31.9. The quantitative estimate of drug-likeness (QED) is 0.375. The summed E-state index contributed by atoms with van der Waals surface area (Å²) in [6.45, 7) is 2.19. The molecule has 1 aromatic carbocycles. The van der Waals surface area contributed by atoms with Crippen LogP contribution in [0, 0.1) is 0 Å². The molecule has 0 aliphatic carbocycles. The summed E-state index contributed by atoms with van der Waals surface area (Å²) in [4.78, 5) is 39.4. The van der Waals surface area contributed by atoms with Gasteiger partial charge < -0.3 is 20.5 Å². The predicted octanol–water partition coefficient (Wildman–Crippen LogP) is 0.811. The van der Waals surface area contributed by atoms with Crippen molar-refractivity contribution >= 4 is 27.9 Å². The number of benzene rings is 1. The first kappa shape index (κ1) is 24.8. The number of carbonyl (C=O) groups excluding carboxylic acids is 3. The molecule has 0 bridgehead atoms. The van der Waals surface area contributed by atoms with E-state index in [1.807, 2.05) is 11.6 Å². The van der Waals surface area contributed by atoms with E-state index in [4.69, 9.17) is 9.84 Å². The minimum Gasteiger partial charge on any atom is -0.395 e. The van der Waals surface area contributed by atoms with Crippen LogP contribution in [0.1, 0.15) is 40.5 Å². The van der Waals surface area contributed by atoms with Crippen molar-refractivity contribution < 1.29 is 32.6 Å². The van der Waals surface area contributed by atoms with Crippen molar-refractivity contribution in [1.82, 2.24) is 20.3 Å². The number of aliphatic hydroxyl groups is 1. The van der Waals surface area contributed by atoms with Gasteiger partial charge in [-0.2, -0.15) is 0 Å². The lowest BCUT2D eigenvalue weighted by molar-refractivity contribution is 0.0951. The topological polar surface area (TPSA) is 164 Å². The number of nitrogens with one attached hydrogen (secondary N) is 3. The number of unbranched alkanes of at least 4 members (excludes halogenated alkanes) is 1. The van der Waals surface area contributed by atoms with Crippen LogP contribution in [0.5, 0.6) is 5.88 Å². The van der Waals surface area contributed by atoms with Gasteiger partial charge in [-0.15, -0.1) is 0 Å². The van der Waals surface area contributed by atoms with Crippen LogP contribution in [0.3, 0.4) is 0 Å². The van der Waals surface area contributed by atoms with E-state index >= 15 is 0 Å². The molecular weight excluding hydrogens is 440 g/mol. The van der Waals surface area contributed by atoms with E-state index < -0.39 is 27.9 Å². The highest BCUT2D eigenvalue weighted by molar-refractivity contribution is 7.90. The molecule has 0 aliphatic rings. The molecule has 172 valence electrons. The van der Waals surface area contributed by atoms with Crippen molar-refractivity contribution in [3.05, 3.63) is 53.7 Å². The molecule has 2 rings (SSSR count). The van der Waals surface area contributed by atoms with Crippen LogP contribution >= 0.6 is 0 Å². The number of nitrogens with zero attached hydrogens (tertiary/aromatic N) is 1. The zero-order valence-corrected chi connectivity index (χ0v) is 18.1. The monoisotopic (exact) mass is 464 g/mol. The molecule has 0 fully saturated rings. The van der Waals surface area contributed by atoms with E-state index in [1.54, 1.807) is 0 Å². The van der Waals surface area contributed by atoms with Gasteiger partial charge in [-0.05, 0) is 30.7 Å². The lowest BCUT2D eigenvalue weighted by atomic mass is 10.2. The molecule has 0 spiro atoms. The largest absolute Gasteiger partial charge is 0.414 e. The molecule has 0 atom stereocenters.